The van der Waals surface area contributed by atoms with Gasteiger partial charge in [-0.15, -0.1) is 0 Å². The standard InChI is InChI=1S/C20H17NO4S/c1-25-20(22)17-12-6-8-14-19(17)26(23,24)21-18-13-7-5-11-16(18)15-9-3-2-4-10-15/h2-14,21H,1H3. The molecule has 0 radical (unpaired) electrons. The van der Waals surface area contributed by atoms with Crippen molar-refractivity contribution in [2.75, 3.05) is 11.8 Å². The molecule has 0 amide bonds. The summed E-state index contributed by atoms with van der Waals surface area (Å²) >= 11 is 0. The van der Waals surface area contributed by atoms with E-state index >= 15 is 0 Å². The number of benzene rings is 3. The molecule has 0 atom stereocenters. The van der Waals surface area contributed by atoms with E-state index in [9.17, 15) is 13.2 Å². The van der Waals surface area contributed by atoms with Gasteiger partial charge in [0.05, 0.1) is 18.4 Å². The molecule has 0 saturated heterocycles. The number of nitrogens with one attached hydrogen (secondary N) is 1. The Kier molecular flexibility index (Phi) is 5.04. The number of hydrogen-bond acceptors (Lipinski definition) is 4. The lowest BCUT2D eigenvalue weighted by atomic mass is 10.0. The second kappa shape index (κ2) is 7.41. The zero-order chi connectivity index (χ0) is 18.6. The van der Waals surface area contributed by atoms with Crippen LogP contribution in [0.25, 0.3) is 11.1 Å². The predicted molar refractivity (Wildman–Crippen MR) is 100 cm³/mol. The van der Waals surface area contributed by atoms with Crippen LogP contribution in [-0.4, -0.2) is 21.5 Å². The van der Waals surface area contributed by atoms with Crippen molar-refractivity contribution in [3.63, 3.8) is 0 Å². The number of carbonyl (C=O) groups is 1. The summed E-state index contributed by atoms with van der Waals surface area (Å²) in [6, 6.07) is 22.5. The molecule has 1 N–H and O–H groups in total. The highest BCUT2D eigenvalue weighted by Crippen LogP contribution is 2.30. The van der Waals surface area contributed by atoms with Gasteiger partial charge in [-0.3, -0.25) is 4.72 Å². The van der Waals surface area contributed by atoms with Crippen LogP contribution >= 0.6 is 0 Å². The van der Waals surface area contributed by atoms with E-state index in [-0.39, 0.29) is 10.5 Å². The number of para-hydroxylation sites is 1. The highest BCUT2D eigenvalue weighted by Gasteiger charge is 2.23. The van der Waals surface area contributed by atoms with E-state index in [1.807, 2.05) is 42.5 Å². The predicted octanol–water partition coefficient (Wildman–Crippen LogP) is 3.94. The fourth-order valence-electron chi connectivity index (χ4n) is 2.62. The number of sulfonamides is 1. The van der Waals surface area contributed by atoms with Gasteiger partial charge in [0.1, 0.15) is 4.90 Å². The molecule has 0 saturated carbocycles. The Morgan fingerprint density at radius 2 is 1.46 bits per heavy atom. The number of hydrogen-bond donors (Lipinski definition) is 1. The number of carbonyl (C=O) groups excluding carboxylic acids is 1. The summed E-state index contributed by atoms with van der Waals surface area (Å²) in [7, 11) is -2.77. The normalized spacial score (nSPS) is 11.0. The topological polar surface area (TPSA) is 72.5 Å². The first-order valence-electron chi connectivity index (χ1n) is 7.87. The summed E-state index contributed by atoms with van der Waals surface area (Å²) in [6.07, 6.45) is 0. The minimum absolute atomic E-state index is 0.0142. The van der Waals surface area contributed by atoms with Crippen molar-refractivity contribution >= 4 is 21.7 Å². The first-order chi connectivity index (χ1) is 12.5. The lowest BCUT2D eigenvalue weighted by Crippen LogP contribution is -2.17. The third-order valence-electron chi connectivity index (χ3n) is 3.84. The minimum atomic E-state index is -3.98. The lowest BCUT2D eigenvalue weighted by molar-refractivity contribution is 0.0596. The van der Waals surface area contributed by atoms with Crippen molar-refractivity contribution in [1.29, 1.82) is 0 Å². The van der Waals surface area contributed by atoms with Crippen LogP contribution in [0.4, 0.5) is 5.69 Å². The van der Waals surface area contributed by atoms with E-state index in [2.05, 4.69) is 9.46 Å². The summed E-state index contributed by atoms with van der Waals surface area (Å²) in [4.78, 5) is 11.8. The first kappa shape index (κ1) is 17.7. The molecule has 5 nitrogen and oxygen atoms in total. The molecule has 0 fully saturated rings. The third-order valence-corrected chi connectivity index (χ3v) is 5.26. The molecule has 0 bridgehead atoms. The molecule has 6 heteroatoms. The van der Waals surface area contributed by atoms with Crippen LogP contribution in [0, 0.1) is 0 Å². The zero-order valence-electron chi connectivity index (χ0n) is 14.0. The summed E-state index contributed by atoms with van der Waals surface area (Å²) in [5, 5.41) is 0. The molecular formula is C20H17NO4S. The number of rotatable bonds is 5. The maximum Gasteiger partial charge on any atom is 0.339 e. The Labute approximate surface area is 152 Å². The van der Waals surface area contributed by atoms with Crippen LogP contribution in [0.5, 0.6) is 0 Å². The van der Waals surface area contributed by atoms with Crippen LogP contribution in [0.1, 0.15) is 10.4 Å². The van der Waals surface area contributed by atoms with E-state index in [0.29, 0.717) is 5.69 Å². The van der Waals surface area contributed by atoms with Crippen LogP contribution < -0.4 is 4.72 Å². The molecule has 3 aromatic carbocycles. The van der Waals surface area contributed by atoms with E-state index in [1.54, 1.807) is 24.3 Å². The molecule has 3 rings (SSSR count). The summed E-state index contributed by atoms with van der Waals surface area (Å²) < 4.78 is 33.1. The monoisotopic (exact) mass is 367 g/mol. The molecule has 132 valence electrons. The smallest absolute Gasteiger partial charge is 0.339 e. The molecule has 0 spiro atoms. The molecule has 0 heterocycles. The number of esters is 1. The van der Waals surface area contributed by atoms with Gasteiger partial charge in [0.2, 0.25) is 0 Å². The Morgan fingerprint density at radius 3 is 2.19 bits per heavy atom. The molecular weight excluding hydrogens is 350 g/mol. The number of anilines is 1. The Bertz CT molecular complexity index is 1030. The van der Waals surface area contributed by atoms with Gasteiger partial charge in [-0.25, -0.2) is 13.2 Å². The fraction of sp³-hybridized carbons (Fsp3) is 0.0500. The van der Waals surface area contributed by atoms with Gasteiger partial charge in [-0.05, 0) is 23.8 Å². The van der Waals surface area contributed by atoms with E-state index in [0.717, 1.165) is 11.1 Å². The average molecular weight is 367 g/mol. The van der Waals surface area contributed by atoms with Crippen molar-refractivity contribution in [2.45, 2.75) is 4.90 Å². The van der Waals surface area contributed by atoms with Crippen molar-refractivity contribution in [3.8, 4) is 11.1 Å². The number of methoxy groups -OCH3 is 1. The lowest BCUT2D eigenvalue weighted by Gasteiger charge is -2.14. The van der Waals surface area contributed by atoms with Gasteiger partial charge in [-0.1, -0.05) is 60.7 Å². The van der Waals surface area contributed by atoms with Gasteiger partial charge in [-0.2, -0.15) is 0 Å². The van der Waals surface area contributed by atoms with Crippen molar-refractivity contribution in [3.05, 3.63) is 84.4 Å². The van der Waals surface area contributed by atoms with Crippen LogP contribution in [0.3, 0.4) is 0 Å². The maximum atomic E-state index is 12.9. The second-order valence-electron chi connectivity index (χ2n) is 5.50. The maximum absolute atomic E-state index is 12.9. The first-order valence-corrected chi connectivity index (χ1v) is 9.36. The van der Waals surface area contributed by atoms with Gasteiger partial charge < -0.3 is 4.74 Å². The zero-order valence-corrected chi connectivity index (χ0v) is 14.9. The quantitative estimate of drug-likeness (QED) is 0.693. The van der Waals surface area contributed by atoms with Gasteiger partial charge in [0.15, 0.2) is 0 Å². The average Bonchev–Trinajstić information content (AvgIpc) is 2.68. The molecule has 26 heavy (non-hydrogen) atoms. The van der Waals surface area contributed by atoms with Crippen molar-refractivity contribution in [2.24, 2.45) is 0 Å². The Balaban J connectivity index is 2.04. The summed E-state index contributed by atoms with van der Waals surface area (Å²) in [5.74, 6) is -0.706. The van der Waals surface area contributed by atoms with Gasteiger partial charge in [0.25, 0.3) is 10.0 Å². The van der Waals surface area contributed by atoms with Gasteiger partial charge >= 0.3 is 5.97 Å². The number of ether oxygens (including phenoxy) is 1. The molecule has 0 aliphatic rings. The second-order valence-corrected chi connectivity index (χ2v) is 7.16. The van der Waals surface area contributed by atoms with Crippen LogP contribution in [0.15, 0.2) is 83.8 Å². The summed E-state index contributed by atoms with van der Waals surface area (Å²) in [5.41, 5.74) is 2.04. The largest absolute Gasteiger partial charge is 0.465 e. The molecule has 0 aliphatic heterocycles. The highest BCUT2D eigenvalue weighted by atomic mass is 32.2. The minimum Gasteiger partial charge on any atom is -0.465 e. The molecule has 3 aromatic rings. The molecule has 0 unspecified atom stereocenters. The fourth-order valence-corrected chi connectivity index (χ4v) is 3.90. The van der Waals surface area contributed by atoms with E-state index in [1.165, 1.54) is 19.2 Å². The molecule has 0 aromatic heterocycles. The molecule has 0 aliphatic carbocycles. The third kappa shape index (κ3) is 3.60. The van der Waals surface area contributed by atoms with Crippen LogP contribution in [-0.2, 0) is 14.8 Å². The van der Waals surface area contributed by atoms with Gasteiger partial charge in [0, 0.05) is 5.56 Å². The highest BCUT2D eigenvalue weighted by molar-refractivity contribution is 7.92. The SMILES string of the molecule is COC(=O)c1ccccc1S(=O)(=O)Nc1ccccc1-c1ccccc1. The Hall–Kier alpha value is -3.12. The Morgan fingerprint density at radius 1 is 0.846 bits per heavy atom. The van der Waals surface area contributed by atoms with Crippen molar-refractivity contribution < 1.29 is 17.9 Å². The van der Waals surface area contributed by atoms with E-state index in [4.69, 9.17) is 0 Å². The summed E-state index contributed by atoms with van der Waals surface area (Å²) in [6.45, 7) is 0. The van der Waals surface area contributed by atoms with Crippen molar-refractivity contribution in [1.82, 2.24) is 0 Å². The van der Waals surface area contributed by atoms with E-state index < -0.39 is 16.0 Å². The van der Waals surface area contributed by atoms with Crippen LogP contribution in [0.2, 0.25) is 0 Å².